The predicted octanol–water partition coefficient (Wildman–Crippen LogP) is -1.12. The number of rotatable bonds is 5. The molecule has 15 heavy (non-hydrogen) atoms. The summed E-state index contributed by atoms with van der Waals surface area (Å²) >= 11 is 0. The van der Waals surface area contributed by atoms with Crippen LogP contribution in [0.25, 0.3) is 0 Å². The molecule has 0 saturated heterocycles. The third kappa shape index (κ3) is 2.74. The molecule has 6 nitrogen and oxygen atoms in total. The van der Waals surface area contributed by atoms with E-state index in [4.69, 9.17) is 10.2 Å². The average molecular weight is 212 g/mol. The van der Waals surface area contributed by atoms with Crippen molar-refractivity contribution in [1.29, 1.82) is 0 Å². The van der Waals surface area contributed by atoms with Gasteiger partial charge in [-0.05, 0) is 12.8 Å². The number of hydrogen-bond acceptors (Lipinski definition) is 5. The summed E-state index contributed by atoms with van der Waals surface area (Å²) in [6.07, 6.45) is 3.33. The van der Waals surface area contributed by atoms with Crippen LogP contribution in [0.1, 0.15) is 18.5 Å². The Bertz CT molecular complexity index is 309. The van der Waals surface area contributed by atoms with E-state index in [2.05, 4.69) is 15.6 Å². The topological polar surface area (TPSA) is 83.2 Å². The molecule has 3 N–H and O–H groups in total. The number of nitrogens with zero attached hydrogens (tertiary/aromatic N) is 3. The minimum absolute atomic E-state index is 0.0745. The largest absolute Gasteiger partial charge is 0.394 e. The van der Waals surface area contributed by atoms with Gasteiger partial charge in [0.25, 0.3) is 0 Å². The molecule has 0 spiro atoms. The van der Waals surface area contributed by atoms with Gasteiger partial charge in [0, 0.05) is 18.8 Å². The van der Waals surface area contributed by atoms with Crippen LogP contribution in [0.2, 0.25) is 0 Å². The van der Waals surface area contributed by atoms with Crippen LogP contribution >= 0.6 is 0 Å². The first kappa shape index (κ1) is 10.5. The first-order chi connectivity index (χ1) is 7.28. The lowest BCUT2D eigenvalue weighted by atomic mass is 9.89. The highest BCUT2D eigenvalue weighted by molar-refractivity contribution is 4.94. The summed E-state index contributed by atoms with van der Waals surface area (Å²) < 4.78 is 1.62. The second kappa shape index (κ2) is 4.69. The maximum Gasteiger partial charge on any atom is 0.0964 e. The van der Waals surface area contributed by atoms with E-state index in [1.807, 2.05) is 6.20 Å². The van der Waals surface area contributed by atoms with Crippen molar-refractivity contribution >= 4 is 0 Å². The van der Waals surface area contributed by atoms with E-state index in [1.54, 1.807) is 4.68 Å². The van der Waals surface area contributed by atoms with E-state index in [0.29, 0.717) is 19.1 Å². The summed E-state index contributed by atoms with van der Waals surface area (Å²) in [4.78, 5) is 0. The van der Waals surface area contributed by atoms with Gasteiger partial charge in [0.1, 0.15) is 0 Å². The van der Waals surface area contributed by atoms with E-state index < -0.39 is 0 Å². The quantitative estimate of drug-likeness (QED) is 0.576. The summed E-state index contributed by atoms with van der Waals surface area (Å²) in [6.45, 7) is 1.23. The van der Waals surface area contributed by atoms with Crippen molar-refractivity contribution < 1.29 is 10.2 Å². The first-order valence-corrected chi connectivity index (χ1v) is 5.19. The zero-order valence-corrected chi connectivity index (χ0v) is 8.50. The minimum Gasteiger partial charge on any atom is -0.394 e. The fourth-order valence-corrected chi connectivity index (χ4v) is 1.63. The van der Waals surface area contributed by atoms with Crippen LogP contribution in [-0.2, 0) is 13.1 Å². The lowest BCUT2D eigenvalue weighted by Crippen LogP contribution is -2.43. The Balaban J connectivity index is 1.73. The number of aromatic nitrogens is 3. The number of aliphatic hydroxyl groups is 2. The Kier molecular flexibility index (Phi) is 3.30. The fraction of sp³-hybridized carbons (Fsp3) is 0.778. The van der Waals surface area contributed by atoms with Gasteiger partial charge < -0.3 is 15.5 Å². The smallest absolute Gasteiger partial charge is 0.0964 e. The highest BCUT2D eigenvalue weighted by Gasteiger charge is 2.26. The van der Waals surface area contributed by atoms with Gasteiger partial charge in [-0.3, -0.25) is 0 Å². The molecule has 1 aliphatic rings. The van der Waals surface area contributed by atoms with Gasteiger partial charge in [0.15, 0.2) is 0 Å². The molecular formula is C9H16N4O2. The molecule has 1 heterocycles. The Labute approximate surface area is 87.9 Å². The first-order valence-electron chi connectivity index (χ1n) is 5.19. The van der Waals surface area contributed by atoms with Gasteiger partial charge in [-0.1, -0.05) is 5.21 Å². The SMILES string of the molecule is OCCn1cc(CNC2CC(O)C2)nn1. The molecule has 6 heteroatoms. The van der Waals surface area contributed by atoms with Crippen LogP contribution in [0, 0.1) is 0 Å². The molecule has 0 unspecified atom stereocenters. The molecule has 1 aliphatic carbocycles. The summed E-state index contributed by atoms with van der Waals surface area (Å²) in [5, 5.41) is 28.9. The van der Waals surface area contributed by atoms with Gasteiger partial charge >= 0.3 is 0 Å². The molecule has 1 aromatic heterocycles. The summed E-state index contributed by atoms with van der Waals surface area (Å²) in [6, 6.07) is 0.406. The standard InChI is InChI=1S/C9H16N4O2/c14-2-1-13-6-8(11-12-13)5-10-7-3-9(15)4-7/h6-7,9-10,14-15H,1-5H2. The van der Waals surface area contributed by atoms with Gasteiger partial charge in [0.2, 0.25) is 0 Å². The Morgan fingerprint density at radius 2 is 2.33 bits per heavy atom. The Hall–Kier alpha value is -0.980. The van der Waals surface area contributed by atoms with Crippen molar-refractivity contribution in [2.45, 2.75) is 38.1 Å². The lowest BCUT2D eigenvalue weighted by molar-refractivity contribution is 0.0618. The summed E-state index contributed by atoms with van der Waals surface area (Å²) in [5.41, 5.74) is 0.866. The van der Waals surface area contributed by atoms with Crippen molar-refractivity contribution in [3.8, 4) is 0 Å². The van der Waals surface area contributed by atoms with Crippen molar-refractivity contribution in [3.05, 3.63) is 11.9 Å². The molecule has 1 saturated carbocycles. The zero-order chi connectivity index (χ0) is 10.7. The van der Waals surface area contributed by atoms with Crippen molar-refractivity contribution in [1.82, 2.24) is 20.3 Å². The molecule has 0 aromatic carbocycles. The zero-order valence-electron chi connectivity index (χ0n) is 8.50. The van der Waals surface area contributed by atoms with E-state index in [-0.39, 0.29) is 12.7 Å². The van der Waals surface area contributed by atoms with Crippen LogP contribution in [0.5, 0.6) is 0 Å². The number of aliphatic hydroxyl groups excluding tert-OH is 2. The summed E-state index contributed by atoms with van der Waals surface area (Å²) in [7, 11) is 0. The highest BCUT2D eigenvalue weighted by atomic mass is 16.3. The summed E-state index contributed by atoms with van der Waals surface area (Å²) in [5.74, 6) is 0. The normalized spacial score (nSPS) is 25.2. The molecule has 0 amide bonds. The van der Waals surface area contributed by atoms with E-state index in [0.717, 1.165) is 18.5 Å². The number of hydrogen-bond donors (Lipinski definition) is 3. The minimum atomic E-state index is -0.132. The lowest BCUT2D eigenvalue weighted by Gasteiger charge is -2.31. The van der Waals surface area contributed by atoms with Crippen LogP contribution in [0.15, 0.2) is 6.20 Å². The van der Waals surface area contributed by atoms with Crippen LogP contribution < -0.4 is 5.32 Å². The molecule has 0 atom stereocenters. The van der Waals surface area contributed by atoms with Crippen LogP contribution in [0.3, 0.4) is 0 Å². The second-order valence-corrected chi connectivity index (χ2v) is 3.90. The maximum atomic E-state index is 9.09. The second-order valence-electron chi connectivity index (χ2n) is 3.90. The third-order valence-corrected chi connectivity index (χ3v) is 2.60. The maximum absolute atomic E-state index is 9.09. The molecular weight excluding hydrogens is 196 g/mol. The van der Waals surface area contributed by atoms with Crippen molar-refractivity contribution in [3.63, 3.8) is 0 Å². The molecule has 0 aliphatic heterocycles. The van der Waals surface area contributed by atoms with Crippen LogP contribution in [-0.4, -0.2) is 44.0 Å². The van der Waals surface area contributed by atoms with Crippen LogP contribution in [0.4, 0.5) is 0 Å². The predicted molar refractivity (Wildman–Crippen MR) is 53.0 cm³/mol. The van der Waals surface area contributed by atoms with E-state index in [9.17, 15) is 0 Å². The van der Waals surface area contributed by atoms with Gasteiger partial charge in [-0.15, -0.1) is 5.10 Å². The monoisotopic (exact) mass is 212 g/mol. The Morgan fingerprint density at radius 3 is 3.00 bits per heavy atom. The van der Waals surface area contributed by atoms with Gasteiger partial charge in [-0.2, -0.15) is 0 Å². The van der Waals surface area contributed by atoms with Gasteiger partial charge in [-0.25, -0.2) is 4.68 Å². The highest BCUT2D eigenvalue weighted by Crippen LogP contribution is 2.19. The number of nitrogens with one attached hydrogen (secondary N) is 1. The molecule has 0 bridgehead atoms. The molecule has 1 aromatic rings. The van der Waals surface area contributed by atoms with Gasteiger partial charge in [0.05, 0.1) is 24.9 Å². The molecule has 0 radical (unpaired) electrons. The molecule has 1 fully saturated rings. The van der Waals surface area contributed by atoms with Crippen molar-refractivity contribution in [2.75, 3.05) is 6.61 Å². The molecule has 84 valence electrons. The third-order valence-electron chi connectivity index (χ3n) is 2.60. The average Bonchev–Trinajstić information content (AvgIpc) is 2.59. The Morgan fingerprint density at radius 1 is 1.53 bits per heavy atom. The van der Waals surface area contributed by atoms with E-state index >= 15 is 0 Å². The molecule has 2 rings (SSSR count). The van der Waals surface area contributed by atoms with E-state index in [1.165, 1.54) is 0 Å². The van der Waals surface area contributed by atoms with Crippen molar-refractivity contribution in [2.24, 2.45) is 0 Å². The fourth-order valence-electron chi connectivity index (χ4n) is 1.63.